The van der Waals surface area contributed by atoms with Crippen LogP contribution in [0, 0.1) is 20.2 Å². The molecule has 0 amide bonds. The summed E-state index contributed by atoms with van der Waals surface area (Å²) < 4.78 is 68.9. The van der Waals surface area contributed by atoms with Gasteiger partial charge in [-0.3, -0.25) is 20.2 Å². The Bertz CT molecular complexity index is 2640. The van der Waals surface area contributed by atoms with E-state index in [1.807, 2.05) is 0 Å². The van der Waals surface area contributed by atoms with Crippen molar-refractivity contribution >= 4 is 125 Å². The number of hydrogen-bond donors (Lipinski definition) is 2. The van der Waals surface area contributed by atoms with Crippen LogP contribution >= 0.6 is 0 Å². The van der Waals surface area contributed by atoms with Crippen molar-refractivity contribution < 1.29 is 46.0 Å². The average molecular weight is 938 g/mol. The van der Waals surface area contributed by atoms with Gasteiger partial charge in [0.2, 0.25) is 0 Å². The zero-order valence-electron chi connectivity index (χ0n) is 29.8. The number of phenols is 2. The van der Waals surface area contributed by atoms with E-state index >= 15 is 0 Å². The minimum atomic E-state index is -4.97. The Hall–Kier alpha value is -5.17. The molecule has 6 aromatic carbocycles. The van der Waals surface area contributed by atoms with E-state index in [1.54, 1.807) is 74.5 Å². The normalized spacial score (nSPS) is 11.7. The van der Waals surface area contributed by atoms with Gasteiger partial charge < -0.3 is 19.3 Å². The van der Waals surface area contributed by atoms with E-state index in [-0.39, 0.29) is 83.0 Å². The van der Waals surface area contributed by atoms with Crippen molar-refractivity contribution in [2.45, 2.75) is 36.5 Å². The van der Waals surface area contributed by atoms with Gasteiger partial charge in [0.1, 0.15) is 31.6 Å². The third kappa shape index (κ3) is 9.87. The van der Waals surface area contributed by atoms with E-state index < -0.39 is 51.4 Å². The summed E-state index contributed by atoms with van der Waals surface area (Å²) in [6.45, 7) is 3.57. The van der Waals surface area contributed by atoms with E-state index in [0.29, 0.717) is 45.5 Å². The van der Waals surface area contributed by atoms with Gasteiger partial charge in [0.15, 0.2) is 22.9 Å². The Balaban J connectivity index is 0.000000248. The molecule has 0 bridgehead atoms. The number of nitro groups is 2. The van der Waals surface area contributed by atoms with Crippen molar-refractivity contribution in [1.82, 2.24) is 0 Å². The quantitative estimate of drug-likeness (QED) is 0.0431. The fourth-order valence-corrected chi connectivity index (χ4v) is 6.83. The van der Waals surface area contributed by atoms with Crippen LogP contribution in [0.3, 0.4) is 0 Å². The molecule has 0 aliphatic carbocycles. The number of aryl methyl sites for hydroxylation is 2. The van der Waals surface area contributed by atoms with Crippen molar-refractivity contribution in [3.8, 4) is 11.5 Å². The molecule has 0 radical (unpaired) electrons. The Morgan fingerprint density at radius 1 is 0.544 bits per heavy atom. The van der Waals surface area contributed by atoms with Gasteiger partial charge in [-0.05, 0) is 46.9 Å². The van der Waals surface area contributed by atoms with Crippen LogP contribution in [-0.2, 0) is 33.1 Å². The largest absolute Gasteiger partial charge is 2.00 e. The molecule has 0 aliphatic rings. The molecular weight excluding hydrogens is 910 g/mol. The summed E-state index contributed by atoms with van der Waals surface area (Å²) >= 11 is 0. The standard InChI is InChI=1S/2C18H15N3O6S.Ba/c2*1-2-11-7-5-9-14(21(23)24)16(11)19-20-17-13-8-4-3-6-12(13)10-15(18(17)22)28(25,26)27;/h2*3-10,22H,2H2,1H3,(H,25,26,27);/q;;+2/p-2. The monoisotopic (exact) mass is 938 g/mol. The van der Waals surface area contributed by atoms with E-state index in [1.165, 1.54) is 24.3 Å². The van der Waals surface area contributed by atoms with Crippen LogP contribution in [0.25, 0.3) is 21.5 Å². The number of nitro benzene ring substituents is 2. The molecule has 0 unspecified atom stereocenters. The van der Waals surface area contributed by atoms with Gasteiger partial charge in [-0.25, -0.2) is 16.8 Å². The number of fused-ring (bicyclic) bond motifs is 2. The number of azo groups is 2. The first-order chi connectivity index (χ1) is 26.5. The second kappa shape index (κ2) is 18.4. The molecule has 6 aromatic rings. The molecule has 2 N–H and O–H groups in total. The van der Waals surface area contributed by atoms with Crippen LogP contribution in [0.5, 0.6) is 11.5 Å². The summed E-state index contributed by atoms with van der Waals surface area (Å²) in [6.07, 6.45) is 0.884. The Morgan fingerprint density at radius 3 is 1.19 bits per heavy atom. The van der Waals surface area contributed by atoms with Gasteiger partial charge in [-0.1, -0.05) is 86.6 Å². The first-order valence-electron chi connectivity index (χ1n) is 16.2. The topological polar surface area (TPSA) is 291 Å². The van der Waals surface area contributed by atoms with Crippen LogP contribution in [0.15, 0.2) is 127 Å². The molecule has 18 nitrogen and oxygen atoms in total. The van der Waals surface area contributed by atoms with Gasteiger partial charge in [0.25, 0.3) is 11.4 Å². The van der Waals surface area contributed by atoms with Crippen LogP contribution in [-0.4, -0.2) is 94.9 Å². The molecule has 21 heteroatoms. The molecule has 0 aromatic heterocycles. The SMILES string of the molecule is CCc1cccc([N+](=O)[O-])c1N=Nc1c(O)c(S(=O)(=O)[O-])cc2ccccc12.CCc1cccc([N+](=O)[O-])c1N=Nc1c(O)c(S(=O)(=O)[O-])cc2ccccc12.[Ba+2]. The molecule has 0 atom stereocenters. The predicted octanol–water partition coefficient (Wildman–Crippen LogP) is 8.29. The maximum atomic E-state index is 11.5. The molecule has 57 heavy (non-hydrogen) atoms. The molecule has 288 valence electrons. The first kappa shape index (κ1) is 44.5. The van der Waals surface area contributed by atoms with Crippen LogP contribution in [0.4, 0.5) is 34.1 Å². The van der Waals surface area contributed by atoms with E-state index in [9.17, 15) is 56.4 Å². The van der Waals surface area contributed by atoms with Crippen molar-refractivity contribution in [1.29, 1.82) is 0 Å². The van der Waals surface area contributed by atoms with E-state index in [2.05, 4.69) is 20.5 Å². The zero-order valence-corrected chi connectivity index (χ0v) is 35.9. The van der Waals surface area contributed by atoms with Crippen molar-refractivity contribution in [3.63, 3.8) is 0 Å². The minimum Gasteiger partial charge on any atom is -0.744 e. The summed E-state index contributed by atoms with van der Waals surface area (Å²) in [5, 5.41) is 60.3. The van der Waals surface area contributed by atoms with Gasteiger partial charge in [-0.2, -0.15) is 0 Å². The second-order valence-corrected chi connectivity index (χ2v) is 14.4. The number of nitrogens with zero attached hydrogens (tertiary/aromatic N) is 6. The third-order valence-electron chi connectivity index (χ3n) is 8.31. The van der Waals surface area contributed by atoms with Crippen molar-refractivity contribution in [2.75, 3.05) is 0 Å². The number of rotatable bonds is 10. The van der Waals surface area contributed by atoms with Gasteiger partial charge >= 0.3 is 48.9 Å². The maximum Gasteiger partial charge on any atom is 2.00 e. The predicted molar refractivity (Wildman–Crippen MR) is 206 cm³/mol. The fraction of sp³-hybridized carbons (Fsp3) is 0.111. The Morgan fingerprint density at radius 2 is 0.877 bits per heavy atom. The first-order valence-corrected chi connectivity index (χ1v) is 19.1. The third-order valence-corrected chi connectivity index (χ3v) is 10.0. The molecule has 0 saturated carbocycles. The number of aromatic hydroxyl groups is 2. The van der Waals surface area contributed by atoms with E-state index in [4.69, 9.17) is 0 Å². The zero-order chi connectivity index (χ0) is 40.9. The Labute approximate surface area is 364 Å². The molecule has 0 fully saturated rings. The second-order valence-electron chi connectivity index (χ2n) is 11.7. The number of hydrogen-bond acceptors (Lipinski definition) is 16. The smallest absolute Gasteiger partial charge is 0.744 e. The average Bonchev–Trinajstić information content (AvgIpc) is 3.15. The van der Waals surface area contributed by atoms with Gasteiger partial charge in [0.05, 0.1) is 19.6 Å². The summed E-state index contributed by atoms with van der Waals surface area (Å²) in [7, 11) is -9.95. The van der Waals surface area contributed by atoms with Crippen LogP contribution in [0.2, 0.25) is 0 Å². The molecule has 0 spiro atoms. The van der Waals surface area contributed by atoms with Crippen LogP contribution < -0.4 is 0 Å². The summed E-state index contributed by atoms with van der Waals surface area (Å²) in [6, 6.07) is 23.7. The molecular formula is C36H28BaN6O12S2. The minimum absolute atomic E-state index is 0. The summed E-state index contributed by atoms with van der Waals surface area (Å²) in [5.41, 5.74) is 0.0193. The van der Waals surface area contributed by atoms with Crippen LogP contribution in [0.1, 0.15) is 25.0 Å². The van der Waals surface area contributed by atoms with Gasteiger partial charge in [0, 0.05) is 22.9 Å². The number of phenolic OH excluding ortho intramolecular Hbond substituents is 2. The van der Waals surface area contributed by atoms with Gasteiger partial charge in [-0.15, -0.1) is 20.5 Å². The maximum absolute atomic E-state index is 11.5. The van der Waals surface area contributed by atoms with Crippen molar-refractivity contribution in [2.24, 2.45) is 20.5 Å². The molecule has 0 saturated heterocycles. The summed E-state index contributed by atoms with van der Waals surface area (Å²) in [4.78, 5) is 19.7. The number of benzene rings is 6. The molecule has 6 rings (SSSR count). The Kier molecular flexibility index (Phi) is 14.4. The molecule has 0 heterocycles. The molecule has 0 aliphatic heterocycles. The van der Waals surface area contributed by atoms with E-state index in [0.717, 1.165) is 12.1 Å². The van der Waals surface area contributed by atoms with Crippen molar-refractivity contribution in [3.05, 3.63) is 128 Å². The fourth-order valence-electron chi connectivity index (χ4n) is 5.62. The summed E-state index contributed by atoms with van der Waals surface area (Å²) in [5.74, 6) is -1.71.